The van der Waals surface area contributed by atoms with Crippen molar-refractivity contribution in [2.24, 2.45) is 0 Å². The molecule has 1 aromatic carbocycles. The van der Waals surface area contributed by atoms with Gasteiger partial charge in [0.05, 0.1) is 0 Å². The van der Waals surface area contributed by atoms with Crippen molar-refractivity contribution in [2.75, 3.05) is 0 Å². The van der Waals surface area contributed by atoms with Crippen LogP contribution in [-0.2, 0) is 3.42 Å². The molecule has 13 heavy (non-hydrogen) atoms. The summed E-state index contributed by atoms with van der Waals surface area (Å²) in [5.74, 6) is 0.395. The third kappa shape index (κ3) is 2.71. The van der Waals surface area contributed by atoms with Gasteiger partial charge in [0, 0.05) is 0 Å². The zero-order chi connectivity index (χ0) is 10.1. The van der Waals surface area contributed by atoms with Crippen molar-refractivity contribution in [3.63, 3.8) is 0 Å². The number of phenolic OH excluding ortho intramolecular Hbond substituents is 1. The van der Waals surface area contributed by atoms with Crippen molar-refractivity contribution >= 4 is 18.6 Å². The van der Waals surface area contributed by atoms with Crippen LogP contribution >= 0.6 is 18.6 Å². The predicted octanol–water partition coefficient (Wildman–Crippen LogP) is 0.375. The van der Waals surface area contributed by atoms with Gasteiger partial charge in [0.2, 0.25) is 0 Å². The number of alkyl halides is 1. The third-order valence-corrected chi connectivity index (χ3v) is 10.5. The molecule has 0 fully saturated rings. The molecule has 0 aliphatic carbocycles. The Hall–Kier alpha value is 0.480. The first-order chi connectivity index (χ1) is 5.97. The summed E-state index contributed by atoms with van der Waals surface area (Å²) < 4.78 is 0.303. The molecule has 0 spiro atoms. The predicted molar refractivity (Wildman–Crippen MR) is 59.9 cm³/mol. The second-order valence-corrected chi connectivity index (χ2v) is 9.38. The van der Waals surface area contributed by atoms with E-state index in [0.717, 1.165) is 5.56 Å². The van der Waals surface area contributed by atoms with Gasteiger partial charge in [-0.2, -0.15) is 0 Å². The Morgan fingerprint density at radius 1 is 1.38 bits per heavy atom. The molecule has 0 amide bonds. The Bertz CT molecular complexity index is 308. The molecule has 0 aliphatic heterocycles. The molecular weight excluding hydrogens is 390 g/mol. The van der Waals surface area contributed by atoms with Crippen molar-refractivity contribution in [1.82, 2.24) is 0 Å². The molecule has 0 radical (unpaired) electrons. The number of halogens is 2. The van der Waals surface area contributed by atoms with E-state index in [2.05, 4.69) is 38.5 Å². The van der Waals surface area contributed by atoms with E-state index in [0.29, 0.717) is 9.17 Å². The number of hydrogen-bond acceptors (Lipinski definition) is 1. The van der Waals surface area contributed by atoms with Gasteiger partial charge >= 0.3 is 100 Å². The van der Waals surface area contributed by atoms with E-state index in [4.69, 9.17) is 0 Å². The van der Waals surface area contributed by atoms with E-state index >= 15 is 0 Å². The van der Waals surface area contributed by atoms with Crippen molar-refractivity contribution in [3.05, 3.63) is 29.3 Å². The summed E-state index contributed by atoms with van der Waals surface area (Å²) in [5.41, 5.74) is 2.31. The molecule has 0 aromatic heterocycles. The van der Waals surface area contributed by atoms with Crippen molar-refractivity contribution in [2.45, 2.75) is 24.2 Å². The van der Waals surface area contributed by atoms with Crippen LogP contribution in [0.4, 0.5) is 0 Å². The van der Waals surface area contributed by atoms with E-state index in [9.17, 15) is 5.11 Å². The van der Waals surface area contributed by atoms with Crippen molar-refractivity contribution in [1.29, 1.82) is 0 Å². The Morgan fingerprint density at radius 3 is 2.46 bits per heavy atom. The molecule has 0 atom stereocenters. The summed E-state index contributed by atoms with van der Waals surface area (Å²) in [4.78, 5) is 0. The molecule has 1 aromatic rings. The van der Waals surface area contributed by atoms with Gasteiger partial charge in [-0.3, -0.25) is 0 Å². The average Bonchev–Trinajstić information content (AvgIpc) is 2.09. The Balaban J connectivity index is 3.10. The normalized spacial score (nSPS) is 12.0. The Labute approximate surface area is 99.4 Å². The number of hydrogen-bond donors (Lipinski definition) is 1. The van der Waals surface area contributed by atoms with Crippen LogP contribution in [-0.4, -0.2) is 5.11 Å². The van der Waals surface area contributed by atoms with Gasteiger partial charge in [0.15, 0.2) is 0 Å². The first kappa shape index (κ1) is 11.6. The van der Waals surface area contributed by atoms with Gasteiger partial charge in [-0.05, 0) is 0 Å². The van der Waals surface area contributed by atoms with E-state index in [1.54, 1.807) is 6.07 Å². The molecule has 0 saturated heterocycles. The van der Waals surface area contributed by atoms with Crippen LogP contribution in [0.1, 0.15) is 25.0 Å². The summed E-state index contributed by atoms with van der Waals surface area (Å²) in [6.45, 7) is 6.47. The number of aromatic hydroxyl groups is 1. The number of benzene rings is 1. The van der Waals surface area contributed by atoms with Crippen LogP contribution < -0.4 is 17.2 Å². The van der Waals surface area contributed by atoms with Gasteiger partial charge in [-0.1, -0.05) is 0 Å². The molecule has 0 aliphatic rings. The maximum atomic E-state index is 9.39. The summed E-state index contributed by atoms with van der Waals surface area (Å²) >= 11 is 2.65. The summed E-state index contributed by atoms with van der Waals surface area (Å²) in [7, 11) is 0. The topological polar surface area (TPSA) is 20.2 Å². The number of aryl methyl sites for hydroxylation is 1. The molecule has 0 bridgehead atoms. The average molecular weight is 403 g/mol. The van der Waals surface area contributed by atoms with Crippen LogP contribution in [0.5, 0.6) is 5.75 Å². The fourth-order valence-electron chi connectivity index (χ4n) is 1.07. The summed E-state index contributed by atoms with van der Waals surface area (Å²) in [5, 5.41) is 9.39. The molecule has 0 heterocycles. The second kappa shape index (κ2) is 4.33. The quantitative estimate of drug-likeness (QED) is 0.560. The standard InChI is InChI=1S/C10H13I2O/c1-7-6-8(4-5-9(7)13)10(2,3)12-11/h4-6,13H,1-3H3/q-1. The summed E-state index contributed by atoms with van der Waals surface area (Å²) in [6, 6.07) is 5.91. The van der Waals surface area contributed by atoms with Crippen LogP contribution in [0.2, 0.25) is 0 Å². The molecule has 74 valence electrons. The monoisotopic (exact) mass is 403 g/mol. The molecule has 0 saturated carbocycles. The van der Waals surface area contributed by atoms with Gasteiger partial charge in [0.1, 0.15) is 0 Å². The van der Waals surface area contributed by atoms with E-state index in [-0.39, 0.29) is 17.2 Å². The summed E-state index contributed by atoms with van der Waals surface area (Å²) in [6.07, 6.45) is 0. The minimum absolute atomic E-state index is 0.148. The second-order valence-electron chi connectivity index (χ2n) is 3.55. The zero-order valence-corrected chi connectivity index (χ0v) is 12.3. The Kier molecular flexibility index (Phi) is 3.85. The third-order valence-electron chi connectivity index (χ3n) is 2.06. The molecule has 0 unspecified atom stereocenters. The molecule has 1 nitrogen and oxygen atoms in total. The minimum atomic E-state index is 0.148. The van der Waals surface area contributed by atoms with Crippen LogP contribution in [0.15, 0.2) is 18.2 Å². The van der Waals surface area contributed by atoms with Crippen molar-refractivity contribution < 1.29 is 22.3 Å². The molecule has 1 N–H and O–H groups in total. The van der Waals surface area contributed by atoms with Crippen LogP contribution in [0.25, 0.3) is 0 Å². The van der Waals surface area contributed by atoms with E-state index in [1.165, 1.54) is 5.56 Å². The van der Waals surface area contributed by atoms with Gasteiger partial charge in [0.25, 0.3) is 0 Å². The molecule has 3 heteroatoms. The first-order valence-electron chi connectivity index (χ1n) is 4.04. The van der Waals surface area contributed by atoms with Crippen molar-refractivity contribution in [3.8, 4) is 5.75 Å². The molecule has 1 rings (SSSR count). The van der Waals surface area contributed by atoms with Gasteiger partial charge in [-0.15, -0.1) is 0 Å². The van der Waals surface area contributed by atoms with Crippen LogP contribution in [0, 0.1) is 6.92 Å². The SMILES string of the molecule is Cc1cc(C(C)(C)[I-]I)ccc1O. The fraction of sp³-hybridized carbons (Fsp3) is 0.400. The van der Waals surface area contributed by atoms with Gasteiger partial charge in [-0.25, -0.2) is 0 Å². The fourth-order valence-corrected chi connectivity index (χ4v) is 3.22. The molecular formula is C10H13I2O-. The van der Waals surface area contributed by atoms with E-state index in [1.807, 2.05) is 13.0 Å². The van der Waals surface area contributed by atoms with Gasteiger partial charge < -0.3 is 0 Å². The van der Waals surface area contributed by atoms with Crippen LogP contribution in [0.3, 0.4) is 0 Å². The zero-order valence-electron chi connectivity index (χ0n) is 7.94. The van der Waals surface area contributed by atoms with E-state index < -0.39 is 0 Å². The first-order valence-corrected chi connectivity index (χ1v) is 11.4. The number of phenols is 1. The maximum absolute atomic E-state index is 9.39. The Morgan fingerprint density at radius 2 is 2.00 bits per heavy atom. The number of rotatable bonds is 2.